The van der Waals surface area contributed by atoms with Crippen LogP contribution in [0.25, 0.3) is 0 Å². The van der Waals surface area contributed by atoms with E-state index in [2.05, 4.69) is 26.0 Å². The fraction of sp³-hybridized carbons (Fsp3) is 0.400. The predicted molar refractivity (Wildman–Crippen MR) is 104 cm³/mol. The second kappa shape index (κ2) is 9.23. The molecule has 0 bridgehead atoms. The first-order valence-corrected chi connectivity index (χ1v) is 9.78. The number of methoxy groups -OCH3 is 1. The molecule has 29 heavy (non-hydrogen) atoms. The molecular weight excluding hydrogens is 455 g/mol. The summed E-state index contributed by atoms with van der Waals surface area (Å²) in [5, 5.41) is 12.6. The van der Waals surface area contributed by atoms with E-state index >= 15 is 0 Å². The Morgan fingerprint density at radius 1 is 1.10 bits per heavy atom. The minimum atomic E-state index is -0.634. The number of hydrogen-bond donors (Lipinski definition) is 2. The first kappa shape index (κ1) is 21.7. The fourth-order valence-electron chi connectivity index (χ4n) is 3.43. The Bertz CT molecular complexity index is 875. The highest BCUT2D eigenvalue weighted by molar-refractivity contribution is 9.10. The molecule has 1 fully saturated rings. The second-order valence-corrected chi connectivity index (χ2v) is 7.72. The van der Waals surface area contributed by atoms with Crippen molar-refractivity contribution >= 4 is 15.9 Å². The molecule has 0 unspecified atom stereocenters. The minimum Gasteiger partial charge on any atom is -0.505 e. The summed E-state index contributed by atoms with van der Waals surface area (Å²) in [6.07, 6.45) is 1.93. The molecule has 4 rings (SSSR count). The zero-order valence-corrected chi connectivity index (χ0v) is 17.3. The van der Waals surface area contributed by atoms with Crippen molar-refractivity contribution in [3.8, 4) is 17.2 Å². The molecule has 2 aromatic rings. The minimum absolute atomic E-state index is 0.0465. The van der Waals surface area contributed by atoms with Crippen LogP contribution in [0.1, 0.15) is 18.4 Å². The molecule has 9 heteroatoms. The largest absolute Gasteiger partial charge is 0.505 e. The van der Waals surface area contributed by atoms with Crippen molar-refractivity contribution in [3.63, 3.8) is 0 Å². The van der Waals surface area contributed by atoms with E-state index in [1.807, 2.05) is 0 Å². The van der Waals surface area contributed by atoms with E-state index in [1.54, 1.807) is 0 Å². The van der Waals surface area contributed by atoms with Crippen molar-refractivity contribution in [2.75, 3.05) is 33.6 Å². The number of aromatic hydroxyl groups is 1. The number of phenols is 1. The van der Waals surface area contributed by atoms with Gasteiger partial charge in [-0.1, -0.05) is 0 Å². The molecule has 0 amide bonds. The summed E-state index contributed by atoms with van der Waals surface area (Å²) in [6, 6.07) is 4.78. The SMILES string of the molecule is COCOc1cc(F)c(Br)cc1F.Oc1cc2c(cc1F)C1(CCNCC1)CO2. The molecule has 0 aromatic heterocycles. The standard InChI is InChI=1S/C12H14FNO2.C8H7BrF2O2/c13-9-5-8-11(6-10(9)15)16-7-12(8)1-3-14-4-2-12;1-12-4-13-8-3-6(10)5(9)2-7(8)11/h5-6,14-15H,1-4,7H2;2-3H,4H2,1H3. The summed E-state index contributed by atoms with van der Waals surface area (Å²) in [4.78, 5) is 0. The summed E-state index contributed by atoms with van der Waals surface area (Å²) < 4.78 is 54.2. The summed E-state index contributed by atoms with van der Waals surface area (Å²) in [5.41, 5.74) is 0.874. The van der Waals surface area contributed by atoms with Crippen molar-refractivity contribution in [1.82, 2.24) is 5.32 Å². The topological polar surface area (TPSA) is 60.0 Å². The number of phenolic OH excluding ortho intramolecular Hbond substituents is 1. The van der Waals surface area contributed by atoms with Crippen LogP contribution >= 0.6 is 15.9 Å². The van der Waals surface area contributed by atoms with Crippen LogP contribution in [-0.4, -0.2) is 38.7 Å². The highest BCUT2D eigenvalue weighted by atomic mass is 79.9. The Morgan fingerprint density at radius 2 is 1.83 bits per heavy atom. The Balaban J connectivity index is 0.000000170. The summed E-state index contributed by atoms with van der Waals surface area (Å²) in [6.45, 7) is 2.36. The van der Waals surface area contributed by atoms with Crippen molar-refractivity contribution in [2.24, 2.45) is 0 Å². The lowest BCUT2D eigenvalue weighted by molar-refractivity contribution is 0.0480. The van der Waals surface area contributed by atoms with Gasteiger partial charge in [-0.3, -0.25) is 0 Å². The molecule has 1 spiro atoms. The van der Waals surface area contributed by atoms with Gasteiger partial charge in [0, 0.05) is 30.2 Å². The number of nitrogens with one attached hydrogen (secondary N) is 1. The smallest absolute Gasteiger partial charge is 0.188 e. The maximum absolute atomic E-state index is 13.4. The van der Waals surface area contributed by atoms with E-state index in [-0.39, 0.29) is 28.2 Å². The van der Waals surface area contributed by atoms with Crippen molar-refractivity contribution < 1.29 is 32.5 Å². The zero-order valence-electron chi connectivity index (χ0n) is 15.7. The second-order valence-electron chi connectivity index (χ2n) is 6.87. The van der Waals surface area contributed by atoms with E-state index in [0.29, 0.717) is 12.4 Å². The lowest BCUT2D eigenvalue weighted by atomic mass is 9.75. The molecular formula is C20H21BrF3NO4. The Labute approximate surface area is 174 Å². The van der Waals surface area contributed by atoms with Gasteiger partial charge in [-0.2, -0.15) is 0 Å². The van der Waals surface area contributed by atoms with Gasteiger partial charge in [-0.25, -0.2) is 13.2 Å². The van der Waals surface area contributed by atoms with E-state index in [1.165, 1.54) is 19.2 Å². The molecule has 158 valence electrons. The zero-order chi connectivity index (χ0) is 21.0. The number of rotatable bonds is 3. The molecule has 1 saturated heterocycles. The summed E-state index contributed by atoms with van der Waals surface area (Å²) in [5.74, 6) is -1.62. The van der Waals surface area contributed by atoms with Crippen LogP contribution in [0.4, 0.5) is 13.2 Å². The molecule has 2 aliphatic heterocycles. The molecule has 2 aromatic carbocycles. The maximum Gasteiger partial charge on any atom is 0.188 e. The van der Waals surface area contributed by atoms with E-state index in [0.717, 1.165) is 43.6 Å². The van der Waals surface area contributed by atoms with Crippen LogP contribution in [-0.2, 0) is 10.2 Å². The van der Waals surface area contributed by atoms with E-state index < -0.39 is 17.5 Å². The molecule has 0 atom stereocenters. The normalized spacial score (nSPS) is 16.6. The van der Waals surface area contributed by atoms with Crippen LogP contribution in [0.15, 0.2) is 28.7 Å². The third-order valence-corrected chi connectivity index (χ3v) is 5.60. The fourth-order valence-corrected chi connectivity index (χ4v) is 3.74. The predicted octanol–water partition coefficient (Wildman–Crippen LogP) is 4.25. The van der Waals surface area contributed by atoms with Gasteiger partial charge in [0.25, 0.3) is 0 Å². The van der Waals surface area contributed by atoms with Crippen molar-refractivity contribution in [2.45, 2.75) is 18.3 Å². The van der Waals surface area contributed by atoms with E-state index in [4.69, 9.17) is 9.47 Å². The van der Waals surface area contributed by atoms with Gasteiger partial charge in [-0.15, -0.1) is 0 Å². The van der Waals surface area contributed by atoms with Crippen LogP contribution in [0.2, 0.25) is 0 Å². The highest BCUT2D eigenvalue weighted by Crippen LogP contribution is 2.46. The Hall–Kier alpha value is -1.97. The van der Waals surface area contributed by atoms with Crippen LogP contribution in [0, 0.1) is 17.5 Å². The van der Waals surface area contributed by atoms with Gasteiger partial charge in [0.15, 0.2) is 29.9 Å². The van der Waals surface area contributed by atoms with E-state index in [9.17, 15) is 18.3 Å². The van der Waals surface area contributed by atoms with Gasteiger partial charge in [0.1, 0.15) is 11.6 Å². The monoisotopic (exact) mass is 475 g/mol. The number of hydrogen-bond acceptors (Lipinski definition) is 5. The molecule has 5 nitrogen and oxygen atoms in total. The number of ether oxygens (including phenoxy) is 3. The first-order chi connectivity index (χ1) is 13.9. The van der Waals surface area contributed by atoms with Gasteiger partial charge in [0.05, 0.1) is 11.1 Å². The quantitative estimate of drug-likeness (QED) is 0.513. The average molecular weight is 476 g/mol. The Morgan fingerprint density at radius 3 is 2.52 bits per heavy atom. The molecule has 0 radical (unpaired) electrons. The van der Waals surface area contributed by atoms with Crippen LogP contribution in [0.3, 0.4) is 0 Å². The molecule has 2 N–H and O–H groups in total. The third-order valence-electron chi connectivity index (χ3n) is 4.99. The lowest BCUT2D eigenvalue weighted by Gasteiger charge is -2.32. The first-order valence-electron chi connectivity index (χ1n) is 8.99. The highest BCUT2D eigenvalue weighted by Gasteiger charge is 2.42. The maximum atomic E-state index is 13.4. The molecule has 0 saturated carbocycles. The van der Waals surface area contributed by atoms with Gasteiger partial charge in [-0.05, 0) is 54.0 Å². The van der Waals surface area contributed by atoms with Crippen molar-refractivity contribution in [1.29, 1.82) is 0 Å². The van der Waals surface area contributed by atoms with Crippen molar-refractivity contribution in [3.05, 3.63) is 51.8 Å². The number of halogens is 4. The molecule has 2 aliphatic rings. The Kier molecular flexibility index (Phi) is 6.92. The van der Waals surface area contributed by atoms with Crippen LogP contribution in [0.5, 0.6) is 17.2 Å². The van der Waals surface area contributed by atoms with Gasteiger partial charge in [0.2, 0.25) is 0 Å². The summed E-state index contributed by atoms with van der Waals surface area (Å²) >= 11 is 2.85. The number of fused-ring (bicyclic) bond motifs is 2. The lowest BCUT2D eigenvalue weighted by Crippen LogP contribution is -2.41. The van der Waals surface area contributed by atoms with Crippen LogP contribution < -0.4 is 14.8 Å². The van der Waals surface area contributed by atoms with Gasteiger partial charge >= 0.3 is 0 Å². The number of piperidine rings is 1. The molecule has 0 aliphatic carbocycles. The summed E-state index contributed by atoms with van der Waals surface area (Å²) in [7, 11) is 1.40. The third kappa shape index (κ3) is 4.79. The molecule has 2 heterocycles. The average Bonchev–Trinajstić information content (AvgIpc) is 3.02. The number of benzene rings is 2. The van der Waals surface area contributed by atoms with Gasteiger partial charge < -0.3 is 24.6 Å².